The predicted molar refractivity (Wildman–Crippen MR) is 183 cm³/mol. The number of ether oxygens (including phenoxy) is 3. The summed E-state index contributed by atoms with van der Waals surface area (Å²) in [6, 6.07) is 6.73. The molecule has 12 nitrogen and oxygen atoms in total. The van der Waals surface area contributed by atoms with E-state index in [4.69, 9.17) is 19.3 Å². The normalized spacial score (nSPS) is 17.0. The summed E-state index contributed by atoms with van der Waals surface area (Å²) in [6.45, 7) is 6.01. The van der Waals surface area contributed by atoms with Gasteiger partial charge in [0.05, 0.1) is 44.1 Å². The minimum absolute atomic E-state index is 0.00663. The lowest BCUT2D eigenvalue weighted by Gasteiger charge is -2.38. The Kier molecular flexibility index (Phi) is 13.7. The molecule has 0 aliphatic carbocycles. The van der Waals surface area contributed by atoms with E-state index in [1.54, 1.807) is 39.0 Å². The Morgan fingerprint density at radius 2 is 1.77 bits per heavy atom. The zero-order chi connectivity index (χ0) is 39.0. The summed E-state index contributed by atoms with van der Waals surface area (Å²) in [4.78, 5) is 25.3. The first-order chi connectivity index (χ1) is 24.8. The van der Waals surface area contributed by atoms with Crippen molar-refractivity contribution in [2.75, 3.05) is 58.4 Å². The molecule has 292 valence electrons. The number of alkyl carbamates (subject to hydrolysis) is 1. The van der Waals surface area contributed by atoms with Crippen molar-refractivity contribution in [2.24, 2.45) is 5.92 Å². The van der Waals surface area contributed by atoms with E-state index in [9.17, 15) is 35.9 Å². The smallest absolute Gasteiger partial charge is 0.436 e. The van der Waals surface area contributed by atoms with Gasteiger partial charge in [-0.15, -0.1) is 0 Å². The van der Waals surface area contributed by atoms with Gasteiger partial charge in [0.25, 0.3) is 0 Å². The molecule has 0 spiro atoms. The first-order valence-corrected chi connectivity index (χ1v) is 16.9. The number of fused-ring (bicyclic) bond motifs is 1. The molecule has 3 N–H and O–H groups in total. The van der Waals surface area contributed by atoms with Gasteiger partial charge in [0.2, 0.25) is 0 Å². The van der Waals surface area contributed by atoms with Gasteiger partial charge in [-0.2, -0.15) is 31.4 Å². The fraction of sp³-hybridized carbons (Fsp3) is 0.571. The van der Waals surface area contributed by atoms with E-state index < -0.39 is 47.8 Å². The Bertz CT molecular complexity index is 1770. The van der Waals surface area contributed by atoms with Crippen molar-refractivity contribution < 1.29 is 55.2 Å². The van der Waals surface area contributed by atoms with Crippen LogP contribution in [0.15, 0.2) is 30.5 Å². The van der Waals surface area contributed by atoms with E-state index in [1.165, 1.54) is 0 Å². The summed E-state index contributed by atoms with van der Waals surface area (Å²) in [7, 11) is 2.01. The maximum Gasteiger partial charge on any atom is 0.436 e. The topological polar surface area (TPSA) is 132 Å². The monoisotopic (exact) mass is 758 g/mol. The number of likely N-dealkylation sites (tertiary alicyclic amines) is 1. The second kappa shape index (κ2) is 17.6. The molecule has 4 rings (SSSR count). The molecule has 1 amide bonds. The summed E-state index contributed by atoms with van der Waals surface area (Å²) in [5.74, 6) is 3.91. The third-order valence-corrected chi connectivity index (χ3v) is 8.23. The Labute approximate surface area is 302 Å². The van der Waals surface area contributed by atoms with Crippen LogP contribution in [0.2, 0.25) is 0 Å². The maximum atomic E-state index is 13.7. The summed E-state index contributed by atoms with van der Waals surface area (Å²) in [5.41, 5.74) is -1.93. The highest BCUT2D eigenvalue weighted by molar-refractivity contribution is 5.94. The molecule has 0 unspecified atom stereocenters. The zero-order valence-electron chi connectivity index (χ0n) is 29.9. The van der Waals surface area contributed by atoms with Gasteiger partial charge in [-0.1, -0.05) is 12.0 Å². The molecule has 18 heteroatoms. The number of hydrogen-bond donors (Lipinski definition) is 3. The Balaban J connectivity index is 1.34. The van der Waals surface area contributed by atoms with Crippen molar-refractivity contribution in [2.45, 2.75) is 70.7 Å². The molecule has 0 bridgehead atoms. The number of hydrogen-bond acceptors (Lipinski definition) is 8. The summed E-state index contributed by atoms with van der Waals surface area (Å²) < 4.78 is 98.6. The highest BCUT2D eigenvalue weighted by Gasteiger charge is 2.39. The average molecular weight is 759 g/mol. The van der Waals surface area contributed by atoms with Crippen LogP contribution in [0.5, 0.6) is 0 Å². The van der Waals surface area contributed by atoms with Crippen LogP contribution in [0, 0.1) is 17.8 Å². The fourth-order valence-electron chi connectivity index (χ4n) is 5.94. The zero-order valence-corrected chi connectivity index (χ0v) is 29.9. The number of nitrogens with one attached hydrogen (secondary N) is 2. The van der Waals surface area contributed by atoms with E-state index in [2.05, 4.69) is 32.5 Å². The Hall–Kier alpha value is -4.47. The number of aromatic carboxylic acids is 1. The van der Waals surface area contributed by atoms with Crippen molar-refractivity contribution in [3.05, 3.63) is 47.4 Å². The third kappa shape index (κ3) is 12.6. The first-order valence-electron chi connectivity index (χ1n) is 16.9. The van der Waals surface area contributed by atoms with Crippen LogP contribution in [-0.2, 0) is 33.5 Å². The molecule has 3 heterocycles. The second-order valence-corrected chi connectivity index (χ2v) is 13.7. The van der Waals surface area contributed by atoms with Crippen molar-refractivity contribution in [1.29, 1.82) is 0 Å². The van der Waals surface area contributed by atoms with Crippen LogP contribution in [-0.4, -0.2) is 107 Å². The molecule has 2 atom stereocenters. The van der Waals surface area contributed by atoms with Crippen molar-refractivity contribution >= 4 is 28.7 Å². The Morgan fingerprint density at radius 3 is 2.42 bits per heavy atom. The van der Waals surface area contributed by atoms with Crippen LogP contribution in [0.4, 0.5) is 36.8 Å². The van der Waals surface area contributed by atoms with Gasteiger partial charge in [-0.3, -0.25) is 4.68 Å². The number of carboxylic acid groups (broad SMARTS) is 1. The van der Waals surface area contributed by atoms with Crippen LogP contribution in [0.3, 0.4) is 0 Å². The number of alkyl halides is 6. The molecule has 2 aromatic heterocycles. The van der Waals surface area contributed by atoms with Crippen molar-refractivity contribution in [1.82, 2.24) is 24.6 Å². The number of amides is 1. The summed E-state index contributed by atoms with van der Waals surface area (Å²) >= 11 is 0. The number of benzene rings is 1. The number of anilines is 1. The molecule has 1 fully saturated rings. The lowest BCUT2D eigenvalue weighted by molar-refractivity contribution is -0.142. The molecule has 1 aliphatic rings. The van der Waals surface area contributed by atoms with Gasteiger partial charge < -0.3 is 39.4 Å². The van der Waals surface area contributed by atoms with Crippen LogP contribution in [0.1, 0.15) is 55.4 Å². The molecule has 1 aliphatic heterocycles. The minimum atomic E-state index is -4.89. The standard InChI is InChI=1S/C35H44F6N6O6/c1-33(2,3)53-32(50)42-12-6-7-24-19-25-28(8-5-9-29(25)47(24)22-34(36,37)38)43-27-10-13-45(4)20-23(27)11-15-51-17-18-52-16-14-46-21-26(31(48)49)30(44-46)35(39,40)41/h5,8-9,19,21,23,27,43H,10-18,20,22H2,1-4H3,(H,42,50)(H,48,49)/t23-,27-/m1/s1. The molecule has 0 saturated carbocycles. The van der Waals surface area contributed by atoms with E-state index in [-0.39, 0.29) is 50.6 Å². The predicted octanol–water partition coefficient (Wildman–Crippen LogP) is 5.85. The number of nitrogens with zero attached hydrogens (tertiary/aromatic N) is 4. The molecular formula is C35H44F6N6O6. The number of rotatable bonds is 14. The van der Waals surface area contributed by atoms with Gasteiger partial charge in [-0.05, 0) is 77.2 Å². The van der Waals surface area contributed by atoms with Gasteiger partial charge in [0.1, 0.15) is 17.7 Å². The highest BCUT2D eigenvalue weighted by Crippen LogP contribution is 2.33. The molecule has 1 saturated heterocycles. The molecular weight excluding hydrogens is 714 g/mol. The largest absolute Gasteiger partial charge is 0.478 e. The number of carbonyl (C=O) groups is 2. The van der Waals surface area contributed by atoms with Crippen molar-refractivity contribution in [3.63, 3.8) is 0 Å². The number of halogens is 6. The maximum absolute atomic E-state index is 13.7. The molecule has 3 aromatic rings. The van der Waals surface area contributed by atoms with E-state index in [0.717, 1.165) is 35.0 Å². The average Bonchev–Trinajstić information content (AvgIpc) is 3.63. The van der Waals surface area contributed by atoms with Gasteiger partial charge in [0.15, 0.2) is 5.69 Å². The Morgan fingerprint density at radius 1 is 1.06 bits per heavy atom. The number of piperidine rings is 1. The second-order valence-electron chi connectivity index (χ2n) is 13.7. The van der Waals surface area contributed by atoms with Crippen LogP contribution < -0.4 is 10.6 Å². The minimum Gasteiger partial charge on any atom is -0.478 e. The summed E-state index contributed by atoms with van der Waals surface area (Å²) in [5, 5.41) is 19.0. The quantitative estimate of drug-likeness (QED) is 0.105. The van der Waals surface area contributed by atoms with Crippen LogP contribution in [0.25, 0.3) is 10.9 Å². The van der Waals surface area contributed by atoms with Gasteiger partial charge in [-0.25, -0.2) is 9.59 Å². The summed E-state index contributed by atoms with van der Waals surface area (Å²) in [6.07, 6.45) is -7.82. The first kappa shape index (κ1) is 41.3. The third-order valence-electron chi connectivity index (χ3n) is 8.23. The number of aromatic nitrogens is 3. The SMILES string of the molecule is CN1CC[C@@H](Nc2cccc3c2cc(C#CCNC(=O)OC(C)(C)C)n3CC(F)(F)F)[C@H](CCOCCOCCn2cc(C(=O)O)c(C(F)(F)F)n2)C1. The van der Waals surface area contributed by atoms with E-state index >= 15 is 0 Å². The molecule has 53 heavy (non-hydrogen) atoms. The molecule has 1 aromatic carbocycles. The number of carbonyl (C=O) groups excluding carboxylic acids is 1. The lowest BCUT2D eigenvalue weighted by atomic mass is 9.89. The molecule has 0 radical (unpaired) electrons. The fourth-order valence-corrected chi connectivity index (χ4v) is 5.94. The van der Waals surface area contributed by atoms with Crippen LogP contribution >= 0.6 is 0 Å². The number of carboxylic acids is 1. The van der Waals surface area contributed by atoms with Crippen molar-refractivity contribution in [3.8, 4) is 11.8 Å². The van der Waals surface area contributed by atoms with Gasteiger partial charge >= 0.3 is 24.4 Å². The lowest BCUT2D eigenvalue weighted by Crippen LogP contribution is -2.45. The van der Waals surface area contributed by atoms with E-state index in [1.807, 2.05) is 13.1 Å². The van der Waals surface area contributed by atoms with Gasteiger partial charge in [0, 0.05) is 36.5 Å². The van der Waals surface area contributed by atoms with E-state index in [0.29, 0.717) is 29.6 Å². The highest BCUT2D eigenvalue weighted by atomic mass is 19.4.